The number of rotatable bonds is 7. The minimum absolute atomic E-state index is 0.0708. The molecular formula is C19H20N4O2S. The maximum Gasteiger partial charge on any atom is 0.233 e. The largest absolute Gasteiger partial charge is 0.469 e. The van der Waals surface area contributed by atoms with Crippen molar-refractivity contribution in [3.8, 4) is 17.1 Å². The van der Waals surface area contributed by atoms with Gasteiger partial charge in [-0.2, -0.15) is 0 Å². The second-order valence-electron chi connectivity index (χ2n) is 5.66. The van der Waals surface area contributed by atoms with Crippen LogP contribution in [0.15, 0.2) is 64.9 Å². The number of benzene rings is 1. The molecule has 2 aromatic heterocycles. The third-order valence-electron chi connectivity index (χ3n) is 3.82. The molecule has 1 aromatic carbocycles. The summed E-state index contributed by atoms with van der Waals surface area (Å²) in [6.07, 6.45) is 3.29. The molecule has 26 heavy (non-hydrogen) atoms. The summed E-state index contributed by atoms with van der Waals surface area (Å²) >= 11 is 1.36. The molecule has 0 aliphatic heterocycles. The topological polar surface area (TPSA) is 73.0 Å². The van der Waals surface area contributed by atoms with E-state index in [1.54, 1.807) is 12.3 Å². The second-order valence-corrected chi connectivity index (χ2v) is 6.97. The van der Waals surface area contributed by atoms with Gasteiger partial charge in [0, 0.05) is 12.2 Å². The molecule has 0 fully saturated rings. The molecule has 134 valence electrons. The number of nitrogens with zero attached hydrogens (tertiary/aromatic N) is 3. The van der Waals surface area contributed by atoms with E-state index >= 15 is 0 Å². The van der Waals surface area contributed by atoms with E-state index in [0.717, 1.165) is 17.0 Å². The fourth-order valence-corrected chi connectivity index (χ4v) is 3.37. The van der Waals surface area contributed by atoms with Gasteiger partial charge in [-0.15, -0.1) is 16.8 Å². The molecule has 1 amide bonds. The van der Waals surface area contributed by atoms with Gasteiger partial charge in [0.05, 0.1) is 17.1 Å². The zero-order valence-electron chi connectivity index (χ0n) is 14.7. The first-order chi connectivity index (χ1) is 12.6. The smallest absolute Gasteiger partial charge is 0.233 e. The Bertz CT molecular complexity index is 901. The molecule has 3 rings (SSSR count). The van der Waals surface area contributed by atoms with Crippen LogP contribution in [-0.2, 0) is 4.79 Å². The van der Waals surface area contributed by atoms with E-state index in [0.29, 0.717) is 17.5 Å². The first kappa shape index (κ1) is 18.0. The van der Waals surface area contributed by atoms with Crippen molar-refractivity contribution in [3.63, 3.8) is 0 Å². The predicted molar refractivity (Wildman–Crippen MR) is 102 cm³/mol. The van der Waals surface area contributed by atoms with E-state index in [9.17, 15) is 4.79 Å². The zero-order valence-corrected chi connectivity index (χ0v) is 15.5. The summed E-state index contributed by atoms with van der Waals surface area (Å²) in [6, 6.07) is 11.7. The average Bonchev–Trinajstić information content (AvgIpc) is 3.26. The summed E-state index contributed by atoms with van der Waals surface area (Å²) in [5.41, 5.74) is 1.80. The van der Waals surface area contributed by atoms with Crippen LogP contribution < -0.4 is 5.32 Å². The van der Waals surface area contributed by atoms with Crippen LogP contribution in [0.2, 0.25) is 0 Å². The van der Waals surface area contributed by atoms with Gasteiger partial charge in [-0.1, -0.05) is 36.0 Å². The van der Waals surface area contributed by atoms with Crippen LogP contribution in [0.5, 0.6) is 0 Å². The minimum atomic E-state index is -0.320. The van der Waals surface area contributed by atoms with E-state index in [4.69, 9.17) is 4.42 Å². The number of hydrogen-bond donors (Lipinski definition) is 1. The lowest BCUT2D eigenvalue weighted by Gasteiger charge is -2.13. The van der Waals surface area contributed by atoms with Gasteiger partial charge in [0.1, 0.15) is 5.76 Å². The van der Waals surface area contributed by atoms with Crippen molar-refractivity contribution in [2.24, 2.45) is 0 Å². The van der Waals surface area contributed by atoms with Crippen molar-refractivity contribution in [2.75, 3.05) is 6.54 Å². The Labute approximate surface area is 156 Å². The molecule has 6 nitrogen and oxygen atoms in total. The molecule has 0 aliphatic rings. The normalized spacial score (nSPS) is 11.9. The Balaban J connectivity index is 1.98. The highest BCUT2D eigenvalue weighted by Gasteiger charge is 2.22. The Morgan fingerprint density at radius 3 is 2.77 bits per heavy atom. The van der Waals surface area contributed by atoms with Gasteiger partial charge in [-0.25, -0.2) is 0 Å². The maximum atomic E-state index is 12.2. The molecule has 2 heterocycles. The lowest BCUT2D eigenvalue weighted by Crippen LogP contribution is -2.31. The quantitative estimate of drug-likeness (QED) is 0.509. The van der Waals surface area contributed by atoms with Crippen molar-refractivity contribution >= 4 is 17.7 Å². The van der Waals surface area contributed by atoms with Crippen LogP contribution in [-0.4, -0.2) is 32.5 Å². The van der Waals surface area contributed by atoms with Crippen LogP contribution in [0.1, 0.15) is 12.7 Å². The van der Waals surface area contributed by atoms with Crippen LogP contribution >= 0.6 is 11.8 Å². The van der Waals surface area contributed by atoms with Crippen LogP contribution in [0.4, 0.5) is 0 Å². The van der Waals surface area contributed by atoms with Gasteiger partial charge in [0.15, 0.2) is 11.0 Å². The third-order valence-corrected chi connectivity index (χ3v) is 4.86. The summed E-state index contributed by atoms with van der Waals surface area (Å²) in [6.45, 7) is 7.78. The van der Waals surface area contributed by atoms with Gasteiger partial charge in [-0.05, 0) is 32.0 Å². The molecule has 1 unspecified atom stereocenters. The molecule has 7 heteroatoms. The summed E-state index contributed by atoms with van der Waals surface area (Å²) in [5.74, 6) is 1.38. The average molecular weight is 368 g/mol. The molecule has 1 N–H and O–H groups in total. The molecule has 0 radical (unpaired) electrons. The van der Waals surface area contributed by atoms with Crippen LogP contribution in [0, 0.1) is 6.92 Å². The standard InChI is InChI=1S/C19H20N4O2S/c1-4-11-20-18(24)14(3)26-19-22-21-17(16-10-12-25-13(16)2)23(19)15-8-6-5-7-9-15/h4-10,12,14H,1,11H2,2-3H3,(H,20,24). The van der Waals surface area contributed by atoms with E-state index < -0.39 is 0 Å². The Hall–Kier alpha value is -2.80. The first-order valence-corrected chi connectivity index (χ1v) is 9.10. The molecule has 1 atom stereocenters. The van der Waals surface area contributed by atoms with Crippen LogP contribution in [0.25, 0.3) is 17.1 Å². The van der Waals surface area contributed by atoms with Gasteiger partial charge in [0.25, 0.3) is 0 Å². The molecule has 0 bridgehead atoms. The van der Waals surface area contributed by atoms with E-state index in [1.807, 2.05) is 54.8 Å². The summed E-state index contributed by atoms with van der Waals surface area (Å²) in [5, 5.41) is 11.8. The van der Waals surface area contributed by atoms with E-state index in [2.05, 4.69) is 22.1 Å². The second kappa shape index (κ2) is 8.05. The SMILES string of the molecule is C=CCNC(=O)C(C)Sc1nnc(-c2ccoc2C)n1-c1ccccc1. The number of carbonyl (C=O) groups is 1. The highest BCUT2D eigenvalue weighted by Crippen LogP contribution is 2.31. The van der Waals surface area contributed by atoms with Crippen molar-refractivity contribution in [1.29, 1.82) is 0 Å². The van der Waals surface area contributed by atoms with Crippen LogP contribution in [0.3, 0.4) is 0 Å². The molecule has 0 spiro atoms. The number of aryl methyl sites for hydroxylation is 1. The first-order valence-electron chi connectivity index (χ1n) is 8.22. The van der Waals surface area contributed by atoms with Crippen molar-refractivity contribution in [3.05, 3.63) is 61.1 Å². The summed E-state index contributed by atoms with van der Waals surface area (Å²) in [7, 11) is 0. The van der Waals surface area contributed by atoms with Crippen molar-refractivity contribution in [2.45, 2.75) is 24.3 Å². The van der Waals surface area contributed by atoms with Crippen molar-refractivity contribution in [1.82, 2.24) is 20.1 Å². The minimum Gasteiger partial charge on any atom is -0.469 e. The number of hydrogen-bond acceptors (Lipinski definition) is 5. The number of carbonyl (C=O) groups excluding carboxylic acids is 1. The zero-order chi connectivity index (χ0) is 18.5. The summed E-state index contributed by atoms with van der Waals surface area (Å²) < 4.78 is 7.37. The number of nitrogens with one attached hydrogen (secondary N) is 1. The Kier molecular flexibility index (Phi) is 5.58. The lowest BCUT2D eigenvalue weighted by atomic mass is 10.2. The number of furan rings is 1. The summed E-state index contributed by atoms with van der Waals surface area (Å²) in [4.78, 5) is 12.2. The molecule has 0 aliphatic carbocycles. The van der Waals surface area contributed by atoms with Gasteiger partial charge >= 0.3 is 0 Å². The fourth-order valence-electron chi connectivity index (χ4n) is 2.48. The number of aromatic nitrogens is 3. The lowest BCUT2D eigenvalue weighted by molar-refractivity contribution is -0.120. The highest BCUT2D eigenvalue weighted by atomic mass is 32.2. The monoisotopic (exact) mass is 368 g/mol. The van der Waals surface area contributed by atoms with Crippen molar-refractivity contribution < 1.29 is 9.21 Å². The van der Waals surface area contributed by atoms with Gasteiger partial charge in [0.2, 0.25) is 5.91 Å². The molecular weight excluding hydrogens is 348 g/mol. The Morgan fingerprint density at radius 1 is 1.35 bits per heavy atom. The van der Waals surface area contributed by atoms with E-state index in [1.165, 1.54) is 11.8 Å². The third kappa shape index (κ3) is 3.72. The predicted octanol–water partition coefficient (Wildman–Crippen LogP) is 3.62. The molecule has 0 saturated heterocycles. The molecule has 0 saturated carbocycles. The van der Waals surface area contributed by atoms with E-state index in [-0.39, 0.29) is 11.2 Å². The van der Waals surface area contributed by atoms with Gasteiger partial charge in [-0.3, -0.25) is 9.36 Å². The Morgan fingerprint density at radius 2 is 2.12 bits per heavy atom. The number of amides is 1. The highest BCUT2D eigenvalue weighted by molar-refractivity contribution is 8.00. The molecule has 3 aromatic rings. The number of para-hydroxylation sites is 1. The number of thioether (sulfide) groups is 1. The van der Waals surface area contributed by atoms with Gasteiger partial charge < -0.3 is 9.73 Å². The fraction of sp³-hybridized carbons (Fsp3) is 0.211. The maximum absolute atomic E-state index is 12.2.